The minimum Gasteiger partial charge on any atom is -0.493 e. The molecule has 2 aliphatic rings. The van der Waals surface area contributed by atoms with Gasteiger partial charge in [-0.05, 0) is 42.5 Å². The van der Waals surface area contributed by atoms with Crippen molar-refractivity contribution in [3.63, 3.8) is 0 Å². The van der Waals surface area contributed by atoms with Crippen LogP contribution in [0.4, 0.5) is 0 Å². The van der Waals surface area contributed by atoms with Crippen molar-refractivity contribution in [3.8, 4) is 11.5 Å². The molecule has 2 aliphatic heterocycles. The largest absolute Gasteiger partial charge is 0.493 e. The van der Waals surface area contributed by atoms with E-state index >= 15 is 0 Å². The van der Waals surface area contributed by atoms with Gasteiger partial charge in [0, 0.05) is 25.2 Å². The van der Waals surface area contributed by atoms with E-state index < -0.39 is 0 Å². The smallest absolute Gasteiger partial charge is 0.161 e. The molecule has 2 atom stereocenters. The summed E-state index contributed by atoms with van der Waals surface area (Å²) in [6, 6.07) is 5.21. The number of benzene rings is 1. The van der Waals surface area contributed by atoms with E-state index in [9.17, 15) is 0 Å². The molecule has 0 aliphatic carbocycles. The summed E-state index contributed by atoms with van der Waals surface area (Å²) in [4.78, 5) is 2.55. The molecule has 1 saturated heterocycles. The first-order valence-corrected chi connectivity index (χ1v) is 6.94. The Balaban J connectivity index is 1.91. The number of fused-ring (bicyclic) bond motifs is 2. The molecule has 1 fully saturated rings. The van der Waals surface area contributed by atoms with Crippen LogP contribution in [0.5, 0.6) is 11.5 Å². The van der Waals surface area contributed by atoms with Crippen LogP contribution in [0.2, 0.25) is 0 Å². The molecule has 1 aromatic rings. The lowest BCUT2D eigenvalue weighted by Gasteiger charge is -2.42. The Morgan fingerprint density at radius 3 is 2.53 bits per heavy atom. The van der Waals surface area contributed by atoms with Gasteiger partial charge < -0.3 is 15.2 Å². The van der Waals surface area contributed by atoms with Gasteiger partial charge in [0.2, 0.25) is 0 Å². The summed E-state index contributed by atoms with van der Waals surface area (Å²) in [5.74, 6) is 1.66. The van der Waals surface area contributed by atoms with Crippen LogP contribution in [-0.2, 0) is 13.0 Å². The van der Waals surface area contributed by atoms with Gasteiger partial charge in [-0.25, -0.2) is 0 Å². The average molecular weight is 262 g/mol. The maximum atomic E-state index is 6.09. The molecular weight excluding hydrogens is 240 g/mol. The average Bonchev–Trinajstić information content (AvgIpc) is 2.43. The number of ether oxygens (including phenoxy) is 2. The first-order valence-electron chi connectivity index (χ1n) is 6.94. The van der Waals surface area contributed by atoms with E-state index in [0.717, 1.165) is 43.9 Å². The van der Waals surface area contributed by atoms with Crippen molar-refractivity contribution >= 4 is 0 Å². The Bertz CT molecular complexity index is 475. The molecule has 4 nitrogen and oxygen atoms in total. The van der Waals surface area contributed by atoms with Gasteiger partial charge in [0.15, 0.2) is 11.5 Å². The standard InChI is InChI=1S/C15H22N2O2/c1-18-14-6-10-5-13-8-12(16)3-4-17(13)9-11(10)7-15(14)19-2/h6-7,12-13H,3-5,8-9,16H2,1-2H3/t12-,13+/m0/s1. The molecule has 0 spiro atoms. The fourth-order valence-corrected chi connectivity index (χ4v) is 3.32. The first-order chi connectivity index (χ1) is 9.21. The van der Waals surface area contributed by atoms with E-state index in [1.165, 1.54) is 11.1 Å². The lowest BCUT2D eigenvalue weighted by atomic mass is 9.86. The predicted molar refractivity (Wildman–Crippen MR) is 74.7 cm³/mol. The fourth-order valence-electron chi connectivity index (χ4n) is 3.32. The molecule has 0 amide bonds. The molecule has 19 heavy (non-hydrogen) atoms. The Morgan fingerprint density at radius 1 is 1.16 bits per heavy atom. The molecule has 4 heteroatoms. The molecular formula is C15H22N2O2. The molecule has 0 bridgehead atoms. The Labute approximate surface area is 114 Å². The van der Waals surface area contributed by atoms with Crippen LogP contribution in [0.1, 0.15) is 24.0 Å². The van der Waals surface area contributed by atoms with Crippen molar-refractivity contribution in [2.24, 2.45) is 5.73 Å². The zero-order valence-corrected chi connectivity index (χ0v) is 11.7. The van der Waals surface area contributed by atoms with Crippen molar-refractivity contribution < 1.29 is 9.47 Å². The van der Waals surface area contributed by atoms with Crippen LogP contribution in [0.25, 0.3) is 0 Å². The molecule has 0 radical (unpaired) electrons. The third kappa shape index (κ3) is 2.30. The summed E-state index contributed by atoms with van der Waals surface area (Å²) >= 11 is 0. The molecule has 0 aromatic heterocycles. The quantitative estimate of drug-likeness (QED) is 0.878. The molecule has 1 aromatic carbocycles. The van der Waals surface area contributed by atoms with Gasteiger partial charge in [-0.15, -0.1) is 0 Å². The summed E-state index contributed by atoms with van der Waals surface area (Å²) < 4.78 is 10.8. The van der Waals surface area contributed by atoms with E-state index in [0.29, 0.717) is 12.1 Å². The number of rotatable bonds is 2. The Hall–Kier alpha value is -1.26. The van der Waals surface area contributed by atoms with Gasteiger partial charge in [0.1, 0.15) is 0 Å². The van der Waals surface area contributed by atoms with Gasteiger partial charge in [-0.2, -0.15) is 0 Å². The lowest BCUT2D eigenvalue weighted by molar-refractivity contribution is 0.115. The maximum Gasteiger partial charge on any atom is 0.161 e. The van der Waals surface area contributed by atoms with Crippen LogP contribution < -0.4 is 15.2 Å². The molecule has 0 unspecified atom stereocenters. The van der Waals surface area contributed by atoms with E-state index in [4.69, 9.17) is 15.2 Å². The number of hydrogen-bond donors (Lipinski definition) is 1. The normalized spacial score (nSPS) is 26.5. The molecule has 2 N–H and O–H groups in total. The number of methoxy groups -OCH3 is 2. The summed E-state index contributed by atoms with van der Waals surface area (Å²) in [6.45, 7) is 2.12. The Morgan fingerprint density at radius 2 is 1.84 bits per heavy atom. The minimum atomic E-state index is 0.364. The monoisotopic (exact) mass is 262 g/mol. The van der Waals surface area contributed by atoms with Crippen LogP contribution in [0.3, 0.4) is 0 Å². The summed E-state index contributed by atoms with van der Waals surface area (Å²) in [5, 5.41) is 0. The van der Waals surface area contributed by atoms with Gasteiger partial charge in [-0.1, -0.05) is 0 Å². The summed E-state index contributed by atoms with van der Waals surface area (Å²) in [5.41, 5.74) is 8.84. The van der Waals surface area contributed by atoms with Gasteiger partial charge in [-0.3, -0.25) is 4.90 Å². The van der Waals surface area contributed by atoms with Crippen LogP contribution in [0.15, 0.2) is 12.1 Å². The molecule has 104 valence electrons. The highest BCUT2D eigenvalue weighted by atomic mass is 16.5. The van der Waals surface area contributed by atoms with Crippen molar-refractivity contribution in [1.29, 1.82) is 0 Å². The topological polar surface area (TPSA) is 47.7 Å². The van der Waals surface area contributed by atoms with Gasteiger partial charge in [0.25, 0.3) is 0 Å². The van der Waals surface area contributed by atoms with E-state index in [1.54, 1.807) is 14.2 Å². The fraction of sp³-hybridized carbons (Fsp3) is 0.600. The van der Waals surface area contributed by atoms with Crippen molar-refractivity contribution in [3.05, 3.63) is 23.3 Å². The molecule has 3 rings (SSSR count). The number of nitrogens with two attached hydrogens (primary N) is 1. The van der Waals surface area contributed by atoms with Crippen molar-refractivity contribution in [1.82, 2.24) is 4.90 Å². The zero-order valence-electron chi connectivity index (χ0n) is 11.7. The number of hydrogen-bond acceptors (Lipinski definition) is 4. The van der Waals surface area contributed by atoms with E-state index in [-0.39, 0.29) is 0 Å². The van der Waals surface area contributed by atoms with Crippen molar-refractivity contribution in [2.45, 2.75) is 37.9 Å². The number of nitrogens with zero attached hydrogens (tertiary/aromatic N) is 1. The minimum absolute atomic E-state index is 0.364. The Kier molecular flexibility index (Phi) is 3.37. The molecule has 2 heterocycles. The highest BCUT2D eigenvalue weighted by Crippen LogP contribution is 2.36. The second kappa shape index (κ2) is 5.02. The van der Waals surface area contributed by atoms with Crippen LogP contribution in [-0.4, -0.2) is 37.7 Å². The lowest BCUT2D eigenvalue weighted by Crippen LogP contribution is -2.49. The predicted octanol–water partition coefficient (Wildman–Crippen LogP) is 1.55. The van der Waals surface area contributed by atoms with Crippen LogP contribution >= 0.6 is 0 Å². The number of piperidine rings is 1. The SMILES string of the molecule is COc1cc2c(cc1OC)CN1CC[C@H](N)C[C@H]1C2. The first kappa shape index (κ1) is 12.8. The summed E-state index contributed by atoms with van der Waals surface area (Å²) in [7, 11) is 3.38. The summed E-state index contributed by atoms with van der Waals surface area (Å²) in [6.07, 6.45) is 3.29. The third-order valence-corrected chi connectivity index (χ3v) is 4.41. The van der Waals surface area contributed by atoms with Gasteiger partial charge >= 0.3 is 0 Å². The highest BCUT2D eigenvalue weighted by molar-refractivity contribution is 5.48. The van der Waals surface area contributed by atoms with Gasteiger partial charge in [0.05, 0.1) is 14.2 Å². The zero-order chi connectivity index (χ0) is 13.4. The van der Waals surface area contributed by atoms with Crippen LogP contribution in [0, 0.1) is 0 Å². The van der Waals surface area contributed by atoms with E-state index in [1.807, 2.05) is 0 Å². The second-order valence-corrected chi connectivity index (χ2v) is 5.59. The van der Waals surface area contributed by atoms with Crippen molar-refractivity contribution in [2.75, 3.05) is 20.8 Å². The van der Waals surface area contributed by atoms with E-state index in [2.05, 4.69) is 17.0 Å². The maximum absolute atomic E-state index is 6.09. The third-order valence-electron chi connectivity index (χ3n) is 4.41. The molecule has 0 saturated carbocycles. The second-order valence-electron chi connectivity index (χ2n) is 5.59. The highest BCUT2D eigenvalue weighted by Gasteiger charge is 2.31.